The van der Waals surface area contributed by atoms with Gasteiger partial charge in [-0.2, -0.15) is 15.2 Å². The number of nitrogens with one attached hydrogen (secondary N) is 19. The van der Waals surface area contributed by atoms with Crippen LogP contribution in [-0.2, 0) is 70.8 Å². The van der Waals surface area contributed by atoms with Gasteiger partial charge in [0.05, 0.1) is 63.7 Å². The number of nitrogens with zero attached hydrogens (tertiary/aromatic N) is 6. The van der Waals surface area contributed by atoms with Gasteiger partial charge in [0.2, 0.25) is 24.3 Å². The molecule has 48 heteroatoms. The van der Waals surface area contributed by atoms with Crippen molar-refractivity contribution < 1.29 is 111 Å². The third-order valence-electron chi connectivity index (χ3n) is 19.5. The Labute approximate surface area is 833 Å². The Balaban J connectivity index is 0.000000338. The lowest BCUT2D eigenvalue weighted by Gasteiger charge is -2.20. The van der Waals surface area contributed by atoms with Crippen LogP contribution in [0, 0.1) is 23.0 Å². The van der Waals surface area contributed by atoms with Gasteiger partial charge in [-0.3, -0.25) is 10.6 Å². The lowest BCUT2D eigenvalue weighted by Crippen LogP contribution is -2.45. The Hall–Kier alpha value is -18.3. The van der Waals surface area contributed by atoms with Crippen LogP contribution in [0.15, 0.2) is 214 Å². The quantitative estimate of drug-likeness (QED) is 0.00553. The first-order chi connectivity index (χ1) is 70.5. The first kappa shape index (κ1) is 115. The van der Waals surface area contributed by atoms with E-state index in [4.69, 9.17) is 44.8 Å². The number of amides is 19. The van der Waals surface area contributed by atoms with Gasteiger partial charge in [0.15, 0.2) is 0 Å². The molecule has 8 rings (SSSR count). The third-order valence-corrected chi connectivity index (χ3v) is 19.5. The second-order valence-corrected chi connectivity index (χ2v) is 30.8. The second kappa shape index (κ2) is 70.3. The maximum Gasteiger partial charge on any atom is 0.412 e. The van der Waals surface area contributed by atoms with Gasteiger partial charge in [-0.1, -0.05) is 111 Å². The second-order valence-electron chi connectivity index (χ2n) is 30.8. The first-order valence-electron chi connectivity index (χ1n) is 45.6. The number of hydrogen-bond donors (Lipinski definition) is 22. The molecule has 3 unspecified atom stereocenters. The number of rotatable bonds is 54. The van der Waals surface area contributed by atoms with Gasteiger partial charge in [0.25, 0.3) is 12.5 Å². The van der Waals surface area contributed by atoms with Crippen LogP contribution in [0.2, 0.25) is 0 Å². The number of unbranched alkanes of at least 4 members (excludes halogenated alkanes) is 7. The molecule has 0 aliphatic rings. The van der Waals surface area contributed by atoms with Crippen LogP contribution in [0.4, 0.5) is 110 Å². The lowest BCUT2D eigenvalue weighted by molar-refractivity contribution is 0.0981. The molecule has 0 saturated carbocycles. The Morgan fingerprint density at radius 3 is 1.03 bits per heavy atom. The molecule has 0 aromatic heterocycles. The zero-order valence-corrected chi connectivity index (χ0v) is 78.9. The van der Waals surface area contributed by atoms with E-state index in [9.17, 15) is 71.9 Å². The molecule has 0 aliphatic carbocycles. The smallest absolute Gasteiger partial charge is 0.412 e. The topological polar surface area (TPSA) is 688 Å². The third kappa shape index (κ3) is 52.9. The number of hydrogen-bond acceptors (Lipinski definition) is 29. The molecular weight excluding hydrogens is 1880 g/mol. The SMILES string of the molecule is N#COCc1ccc(NC(=O)NCC(CNC(=O)Nc2ccc(CN=C=O)cc2)OC(=O)Nc2ccc(CN=C=O)cc2)cc1.N#COc1cccc(NC(=O)NCC(CNC(=O)Nc2cccc(N=C=O)c2)OC(=O)Nc2cccc(N=C=O)c2)c1.O=C(NCCCO)NCCCCCCNC(=O)OC(CNC(=O)Nc1ccc(CCCCCCCO)cc1)CNC(=O)Nc1ccc(CNC(=O)NCCCO)cc1. The summed E-state index contributed by atoms with van der Waals surface area (Å²) in [5, 5.41) is 93.7. The van der Waals surface area contributed by atoms with Crippen molar-refractivity contribution in [1.82, 2.24) is 58.5 Å². The normalized spacial score (nSPS) is 10.6. The van der Waals surface area contributed by atoms with E-state index in [0.717, 1.165) is 85.6 Å². The number of aryl methyl sites for hydroxylation is 1. The van der Waals surface area contributed by atoms with E-state index in [0.29, 0.717) is 85.3 Å². The summed E-state index contributed by atoms with van der Waals surface area (Å²) in [6, 6.07) is 48.2. The summed E-state index contributed by atoms with van der Waals surface area (Å²) in [5.41, 5.74) is 8.05. The van der Waals surface area contributed by atoms with Crippen molar-refractivity contribution >= 4 is 148 Å². The van der Waals surface area contributed by atoms with Crippen LogP contribution in [0.3, 0.4) is 0 Å². The molecule has 19 amide bonds. The van der Waals surface area contributed by atoms with E-state index < -0.39 is 72.8 Å². The van der Waals surface area contributed by atoms with Gasteiger partial charge in [-0.15, -0.1) is 5.26 Å². The summed E-state index contributed by atoms with van der Waals surface area (Å²) in [7, 11) is 0. The van der Waals surface area contributed by atoms with E-state index in [1.165, 1.54) is 67.0 Å². The minimum Gasteiger partial charge on any atom is -0.442 e. The zero-order valence-electron chi connectivity index (χ0n) is 78.9. The molecule has 8 aromatic carbocycles. The molecule has 3 atom stereocenters. The van der Waals surface area contributed by atoms with Crippen LogP contribution in [0.1, 0.15) is 98.4 Å². The van der Waals surface area contributed by atoms with Crippen LogP contribution >= 0.6 is 0 Å². The zero-order chi connectivity index (χ0) is 104. The number of alkyl carbamates (subject to hydrolysis) is 1. The highest BCUT2D eigenvalue weighted by molar-refractivity contribution is 5.94. The number of anilines is 8. The number of aliphatic imine (C=N–C) groups is 4. The number of ether oxygens (including phenoxy) is 5. The van der Waals surface area contributed by atoms with Crippen LogP contribution < -0.4 is 106 Å². The van der Waals surface area contributed by atoms with Crippen molar-refractivity contribution in [3.05, 3.63) is 222 Å². The summed E-state index contributed by atoms with van der Waals surface area (Å²) >= 11 is 0. The molecule has 0 fully saturated rings. The highest BCUT2D eigenvalue weighted by atomic mass is 16.6. The van der Waals surface area contributed by atoms with Crippen LogP contribution in [0.5, 0.6) is 5.75 Å². The lowest BCUT2D eigenvalue weighted by atomic mass is 10.1. The van der Waals surface area contributed by atoms with Crippen molar-refractivity contribution in [2.24, 2.45) is 20.0 Å². The number of isocyanates is 4. The van der Waals surface area contributed by atoms with Gasteiger partial charge < -0.3 is 129 Å². The molecule has 0 heterocycles. The molecular formula is C97H115N25O23. The molecule has 145 heavy (non-hydrogen) atoms. The fourth-order valence-corrected chi connectivity index (χ4v) is 12.4. The first-order valence-corrected chi connectivity index (χ1v) is 45.6. The average molecular weight is 2000 g/mol. The number of benzene rings is 8. The molecule has 48 nitrogen and oxygen atoms in total. The van der Waals surface area contributed by atoms with Crippen LogP contribution in [-0.4, -0.2) is 210 Å². The number of carbonyl (C=O) groups excluding carboxylic acids is 15. The summed E-state index contributed by atoms with van der Waals surface area (Å²) in [5.74, 6) is 0.217. The van der Waals surface area contributed by atoms with E-state index in [2.05, 4.69) is 126 Å². The van der Waals surface area contributed by atoms with Crippen molar-refractivity contribution in [2.75, 3.05) is 128 Å². The molecule has 766 valence electrons. The maximum absolute atomic E-state index is 12.8. The fraction of sp³-hybridized carbons (Fsp3) is 0.330. The highest BCUT2D eigenvalue weighted by Crippen LogP contribution is 2.23. The Morgan fingerprint density at radius 2 is 0.628 bits per heavy atom. The summed E-state index contributed by atoms with van der Waals surface area (Å²) < 4.78 is 25.9. The minimum absolute atomic E-state index is 0.0101. The van der Waals surface area contributed by atoms with Gasteiger partial charge in [-0.25, -0.2) is 81.9 Å². The van der Waals surface area contributed by atoms with Gasteiger partial charge in [0.1, 0.15) is 30.7 Å². The van der Waals surface area contributed by atoms with Crippen molar-refractivity contribution in [1.29, 1.82) is 10.5 Å². The van der Waals surface area contributed by atoms with Gasteiger partial charge in [-0.05, 0) is 182 Å². The summed E-state index contributed by atoms with van der Waals surface area (Å²) in [4.78, 5) is 192. The van der Waals surface area contributed by atoms with E-state index >= 15 is 0 Å². The van der Waals surface area contributed by atoms with Crippen molar-refractivity contribution in [2.45, 2.75) is 122 Å². The van der Waals surface area contributed by atoms with E-state index in [-0.39, 0.29) is 120 Å². The van der Waals surface area contributed by atoms with E-state index in [1.54, 1.807) is 140 Å². The monoisotopic (exact) mass is 2000 g/mol. The largest absolute Gasteiger partial charge is 0.442 e. The van der Waals surface area contributed by atoms with Crippen molar-refractivity contribution in [3.8, 4) is 18.3 Å². The fourth-order valence-electron chi connectivity index (χ4n) is 12.4. The van der Waals surface area contributed by atoms with Crippen LogP contribution in [0.25, 0.3) is 0 Å². The summed E-state index contributed by atoms with van der Waals surface area (Å²) in [6.45, 7) is 1.56. The molecule has 0 saturated heterocycles. The van der Waals surface area contributed by atoms with Crippen molar-refractivity contribution in [3.63, 3.8) is 0 Å². The van der Waals surface area contributed by atoms with E-state index in [1.807, 2.05) is 24.3 Å². The number of urea groups is 8. The highest BCUT2D eigenvalue weighted by Gasteiger charge is 2.23. The number of nitriles is 2. The number of carbonyl (C=O) groups is 11. The molecule has 22 N–H and O–H groups in total. The number of aliphatic hydroxyl groups excluding tert-OH is 3. The Kier molecular flexibility index (Phi) is 56.0. The molecule has 0 aliphatic heterocycles. The predicted molar refractivity (Wildman–Crippen MR) is 533 cm³/mol. The standard InChI is InChI=1S/C40H65N9O9.C30H28N8O7.C27H22N8O7/c50-25-9-5-1-2-6-12-31-13-17-33(18-14-31)48-38(55)46-29-35(58-40(57)44-22-8-4-3-7-21-41-36(53)42-23-10-26-51)30-47-39(56)49-34-19-15-32(16-20-34)28-45-37(54)43-24-11-27-52;31-18-44-17-23-5-11-25(12-6-23)37-29(42)35-16-27(45-30(43)38-26-9-3-22(4-10-26)14-33-20-40)15-34-28(41)36-24-7-1-21(2-8-24)13-32-19-39;28-15-41-23-9-3-8-22(12-23)34-26(39)30-14-24(42-27(40)35-21-7-2-5-19(11-21)32-17-37)13-29-25(38)33-20-6-1-4-18(10-20)31-16-36/h13-20,35,50-52H,1-12,21-30H2,(H,44,57)(H2,41,42,53)(H2,43,45,54)(H2,46,48,55)(H2,47,49,56);1-12,27H,13-17H2,(H,38,43)(H2,34,36,41)(H2,35,37,42);1-12,24H,13-14H2,(H,35,40)(H2,29,33,38)(H2,30,34,39). The predicted octanol–water partition coefficient (Wildman–Crippen LogP) is 11.6. The summed E-state index contributed by atoms with van der Waals surface area (Å²) in [6.07, 6.45) is 13.5. The Bertz CT molecular complexity index is 5700. The maximum atomic E-state index is 12.8. The molecule has 0 radical (unpaired) electrons. The number of aliphatic hydroxyl groups is 3. The average Bonchev–Trinajstić information content (AvgIpc) is 0.872. The minimum atomic E-state index is -1.06. The molecule has 0 bridgehead atoms. The van der Waals surface area contributed by atoms with Gasteiger partial charge >= 0.3 is 66.5 Å². The molecule has 0 spiro atoms. The van der Waals surface area contributed by atoms with Gasteiger partial charge in [0, 0.05) is 104 Å². The molecule has 8 aromatic rings. The Morgan fingerprint density at radius 1 is 0.297 bits per heavy atom.